The highest BCUT2D eigenvalue weighted by molar-refractivity contribution is 9.10. The van der Waals surface area contributed by atoms with Crippen LogP contribution in [0.2, 0.25) is 0 Å². The van der Waals surface area contributed by atoms with E-state index in [9.17, 15) is 14.9 Å². The highest BCUT2D eigenvalue weighted by Crippen LogP contribution is 2.26. The SMILES string of the molecule is O=C(C#Cc1c(Br)cccc1[N+](=O)[O-])OCC(Cl)(Cl)Cl. The molecule has 0 aliphatic carbocycles. The first kappa shape index (κ1) is 17.1. The second-order valence-corrected chi connectivity index (χ2v) is 6.70. The van der Waals surface area contributed by atoms with Gasteiger partial charge in [0.15, 0.2) is 0 Å². The summed E-state index contributed by atoms with van der Waals surface area (Å²) in [6.07, 6.45) is 0. The molecule has 0 saturated heterocycles. The molecule has 0 radical (unpaired) electrons. The molecule has 5 nitrogen and oxygen atoms in total. The monoisotopic (exact) mass is 399 g/mol. The Balaban J connectivity index is 2.92. The van der Waals surface area contributed by atoms with Crippen molar-refractivity contribution in [2.45, 2.75) is 3.79 Å². The molecule has 0 heterocycles. The van der Waals surface area contributed by atoms with Gasteiger partial charge in [-0.15, -0.1) is 0 Å². The first-order chi connectivity index (χ1) is 9.20. The lowest BCUT2D eigenvalue weighted by Gasteiger charge is -2.08. The molecule has 0 atom stereocenters. The minimum atomic E-state index is -1.74. The van der Waals surface area contributed by atoms with E-state index in [1.807, 2.05) is 0 Å². The van der Waals surface area contributed by atoms with Crippen LogP contribution < -0.4 is 0 Å². The first-order valence-corrected chi connectivity index (χ1v) is 6.82. The van der Waals surface area contributed by atoms with Crippen molar-refractivity contribution in [2.24, 2.45) is 0 Å². The van der Waals surface area contributed by atoms with E-state index in [4.69, 9.17) is 34.8 Å². The zero-order valence-corrected chi connectivity index (χ0v) is 13.4. The van der Waals surface area contributed by atoms with Gasteiger partial charge in [-0.05, 0) is 27.9 Å². The van der Waals surface area contributed by atoms with E-state index in [2.05, 4.69) is 32.5 Å². The average Bonchev–Trinajstić information content (AvgIpc) is 2.33. The molecule has 0 aromatic heterocycles. The molecule has 0 spiro atoms. The van der Waals surface area contributed by atoms with Crippen molar-refractivity contribution in [1.82, 2.24) is 0 Å². The maximum atomic E-state index is 11.3. The van der Waals surface area contributed by atoms with Gasteiger partial charge in [0.1, 0.15) is 12.2 Å². The zero-order chi connectivity index (χ0) is 15.3. The number of nitrogens with zero attached hydrogens (tertiary/aromatic N) is 1. The van der Waals surface area contributed by atoms with E-state index in [0.717, 1.165) is 0 Å². The molecule has 9 heteroatoms. The fourth-order valence-corrected chi connectivity index (χ4v) is 1.70. The summed E-state index contributed by atoms with van der Waals surface area (Å²) in [4.78, 5) is 21.5. The third-order valence-electron chi connectivity index (χ3n) is 1.84. The van der Waals surface area contributed by atoms with E-state index in [1.165, 1.54) is 12.1 Å². The maximum absolute atomic E-state index is 11.3. The van der Waals surface area contributed by atoms with Crippen LogP contribution >= 0.6 is 50.7 Å². The van der Waals surface area contributed by atoms with Crippen molar-refractivity contribution in [2.75, 3.05) is 6.61 Å². The minimum absolute atomic E-state index is 0.0586. The van der Waals surface area contributed by atoms with Crippen LogP contribution in [0.15, 0.2) is 22.7 Å². The Bertz CT molecular complexity index is 604. The van der Waals surface area contributed by atoms with E-state index in [1.54, 1.807) is 6.07 Å². The van der Waals surface area contributed by atoms with Gasteiger partial charge in [-0.2, -0.15) is 0 Å². The van der Waals surface area contributed by atoms with Gasteiger partial charge in [-0.25, -0.2) is 4.79 Å². The summed E-state index contributed by atoms with van der Waals surface area (Å²) in [6, 6.07) is 4.31. The number of esters is 1. The highest BCUT2D eigenvalue weighted by atomic mass is 79.9. The number of halogens is 4. The molecule has 0 aliphatic rings. The lowest BCUT2D eigenvalue weighted by molar-refractivity contribution is -0.385. The summed E-state index contributed by atoms with van der Waals surface area (Å²) in [5.41, 5.74) is -0.176. The number of hydrogen-bond acceptors (Lipinski definition) is 4. The van der Waals surface area contributed by atoms with Gasteiger partial charge < -0.3 is 4.74 Å². The van der Waals surface area contributed by atoms with E-state index in [-0.39, 0.29) is 11.3 Å². The predicted molar refractivity (Wildman–Crippen MR) is 78.9 cm³/mol. The first-order valence-electron chi connectivity index (χ1n) is 4.89. The number of rotatable bonds is 2. The number of alkyl halides is 3. The van der Waals surface area contributed by atoms with Crippen molar-refractivity contribution in [1.29, 1.82) is 0 Å². The van der Waals surface area contributed by atoms with Crippen LogP contribution in [-0.2, 0) is 9.53 Å². The summed E-state index contributed by atoms with van der Waals surface area (Å²) in [7, 11) is 0. The third-order valence-corrected chi connectivity index (χ3v) is 2.83. The van der Waals surface area contributed by atoms with Crippen LogP contribution in [0.25, 0.3) is 0 Å². The molecule has 106 valence electrons. The molecule has 0 bridgehead atoms. The van der Waals surface area contributed by atoms with Gasteiger partial charge in [-0.3, -0.25) is 10.1 Å². The molecule has 0 unspecified atom stereocenters. The van der Waals surface area contributed by atoms with Gasteiger partial charge in [0.2, 0.25) is 3.79 Å². The van der Waals surface area contributed by atoms with Crippen LogP contribution in [0.5, 0.6) is 0 Å². The van der Waals surface area contributed by atoms with Crippen molar-refractivity contribution in [3.05, 3.63) is 38.3 Å². The smallest absolute Gasteiger partial charge is 0.384 e. The Hall–Kier alpha value is -1.000. The molecular weight excluding hydrogens is 396 g/mol. The molecule has 0 fully saturated rings. The van der Waals surface area contributed by atoms with E-state index in [0.29, 0.717) is 4.47 Å². The third kappa shape index (κ3) is 5.55. The van der Waals surface area contributed by atoms with Crippen LogP contribution in [0.4, 0.5) is 5.69 Å². The Morgan fingerprint density at radius 2 is 2.10 bits per heavy atom. The normalized spacial score (nSPS) is 10.4. The molecule has 0 saturated carbocycles. The second-order valence-electron chi connectivity index (χ2n) is 3.33. The number of nitro groups is 1. The van der Waals surface area contributed by atoms with Crippen molar-refractivity contribution in [3.8, 4) is 11.8 Å². The van der Waals surface area contributed by atoms with Gasteiger partial charge in [0, 0.05) is 16.5 Å². The standard InChI is InChI=1S/C11H5BrCl3NO4/c12-8-2-1-3-9(16(18)19)7(8)4-5-10(17)20-6-11(13,14)15/h1-3H,6H2. The fourth-order valence-electron chi connectivity index (χ4n) is 1.09. The van der Waals surface area contributed by atoms with Crippen molar-refractivity contribution >= 4 is 62.4 Å². The summed E-state index contributed by atoms with van der Waals surface area (Å²) in [5, 5.41) is 10.8. The van der Waals surface area contributed by atoms with Gasteiger partial charge in [0.25, 0.3) is 5.69 Å². The number of carbonyl (C=O) groups is 1. The quantitative estimate of drug-likeness (QED) is 0.250. The number of hydrogen-bond donors (Lipinski definition) is 0. The lowest BCUT2D eigenvalue weighted by atomic mass is 10.2. The maximum Gasteiger partial charge on any atom is 0.384 e. The molecule has 0 amide bonds. The summed E-state index contributed by atoms with van der Waals surface area (Å²) in [6.45, 7) is -0.469. The molecule has 1 rings (SSSR count). The van der Waals surface area contributed by atoms with Gasteiger partial charge in [-0.1, -0.05) is 40.9 Å². The van der Waals surface area contributed by atoms with Gasteiger partial charge >= 0.3 is 5.97 Å². The van der Waals surface area contributed by atoms with Crippen LogP contribution in [-0.4, -0.2) is 21.3 Å². The summed E-state index contributed by atoms with van der Waals surface area (Å²) < 4.78 is 3.22. The van der Waals surface area contributed by atoms with E-state index >= 15 is 0 Å². The van der Waals surface area contributed by atoms with E-state index < -0.39 is 21.3 Å². The molecular formula is C11H5BrCl3NO4. The van der Waals surface area contributed by atoms with Crippen LogP contribution in [0.1, 0.15) is 5.56 Å². The fraction of sp³-hybridized carbons (Fsp3) is 0.182. The Kier molecular flexibility index (Phi) is 6.08. The number of carbonyl (C=O) groups excluding carboxylic acids is 1. The predicted octanol–water partition coefficient (Wildman–Crippen LogP) is 3.62. The topological polar surface area (TPSA) is 69.4 Å². The zero-order valence-electron chi connectivity index (χ0n) is 9.53. The van der Waals surface area contributed by atoms with Crippen LogP contribution in [0, 0.1) is 22.0 Å². The van der Waals surface area contributed by atoms with Crippen LogP contribution in [0.3, 0.4) is 0 Å². The second kappa shape index (κ2) is 7.14. The summed E-state index contributed by atoms with van der Waals surface area (Å²) in [5.74, 6) is 3.49. The van der Waals surface area contributed by atoms with Crippen molar-refractivity contribution in [3.63, 3.8) is 0 Å². The van der Waals surface area contributed by atoms with Crippen molar-refractivity contribution < 1.29 is 14.5 Å². The molecule has 0 aliphatic heterocycles. The molecule has 1 aromatic rings. The van der Waals surface area contributed by atoms with Gasteiger partial charge in [0.05, 0.1) is 4.92 Å². The lowest BCUT2D eigenvalue weighted by Crippen LogP contribution is -2.16. The Morgan fingerprint density at radius 3 is 2.65 bits per heavy atom. The molecule has 1 aromatic carbocycles. The number of nitro benzene ring substituents is 1. The minimum Gasteiger partial charge on any atom is -0.452 e. The molecule has 0 N–H and O–H groups in total. The summed E-state index contributed by atoms with van der Waals surface area (Å²) >= 11 is 19.3. The number of ether oxygens (including phenoxy) is 1. The Labute approximate surface area is 137 Å². The average molecular weight is 401 g/mol. The number of benzene rings is 1. The largest absolute Gasteiger partial charge is 0.452 e. The molecule has 20 heavy (non-hydrogen) atoms. The Morgan fingerprint density at radius 1 is 1.45 bits per heavy atom. The highest BCUT2D eigenvalue weighted by Gasteiger charge is 2.21.